The molecule has 4 heterocycles. The molecule has 10 N–H and O–H groups in total. The van der Waals surface area contributed by atoms with Gasteiger partial charge in [0.25, 0.3) is 0 Å². The fraction of sp³-hybridized carbons (Fsp3) is 0.967. The van der Waals surface area contributed by atoms with Crippen LogP contribution in [0.3, 0.4) is 0 Å². The normalized spacial score (nSPS) is 49.8. The Balaban J connectivity index is 1.46. The summed E-state index contributed by atoms with van der Waals surface area (Å²) in [6.07, 6.45) is -27.4. The number of nitrogens with one attached hydrogen (secondary N) is 1. The fourth-order valence-corrected chi connectivity index (χ4v) is 6.38. The predicted octanol–water partition coefficient (Wildman–Crippen LogP) is -4.70. The maximum Gasteiger partial charge on any atom is 0.223 e. The van der Waals surface area contributed by atoms with Crippen LogP contribution < -0.4 is 5.32 Å². The number of hydrogen-bond acceptors (Lipinski definition) is 18. The summed E-state index contributed by atoms with van der Waals surface area (Å²) in [5, 5.41) is 99.0. The number of amides is 1. The lowest BCUT2D eigenvalue weighted by molar-refractivity contribution is -0.385. The molecule has 0 aromatic carbocycles. The number of rotatable bonds is 10. The summed E-state index contributed by atoms with van der Waals surface area (Å²) in [5.41, 5.74) is -1.30. The first kappa shape index (κ1) is 40.6. The Kier molecular flexibility index (Phi) is 13.4. The van der Waals surface area contributed by atoms with Crippen molar-refractivity contribution in [3.8, 4) is 0 Å². The smallest absolute Gasteiger partial charge is 0.223 e. The van der Waals surface area contributed by atoms with Gasteiger partial charge in [-0.25, -0.2) is 0 Å². The largest absolute Gasteiger partial charge is 0.390 e. The molecule has 19 heteroatoms. The molecular weight excluding hydrogens is 662 g/mol. The third-order valence-electron chi connectivity index (χ3n) is 9.26. The first-order chi connectivity index (χ1) is 22.7. The van der Waals surface area contributed by atoms with E-state index in [1.54, 1.807) is 6.92 Å². The fourth-order valence-electron chi connectivity index (χ4n) is 6.38. The van der Waals surface area contributed by atoms with Crippen molar-refractivity contribution >= 4 is 5.91 Å². The molecule has 49 heavy (non-hydrogen) atoms. The summed E-state index contributed by atoms with van der Waals surface area (Å²) < 4.78 is 45.2. The average Bonchev–Trinajstić information content (AvgIpc) is 3.00. The van der Waals surface area contributed by atoms with Gasteiger partial charge in [0.1, 0.15) is 67.1 Å². The molecule has 0 radical (unpaired) electrons. The van der Waals surface area contributed by atoms with Crippen molar-refractivity contribution in [2.45, 2.75) is 176 Å². The number of carbonyl (C=O) groups excluding carboxylic acids is 1. The van der Waals surface area contributed by atoms with E-state index < -0.39 is 134 Å². The summed E-state index contributed by atoms with van der Waals surface area (Å²) >= 11 is 0. The Morgan fingerprint density at radius 1 is 0.592 bits per heavy atom. The van der Waals surface area contributed by atoms with Crippen LogP contribution in [0.1, 0.15) is 48.0 Å². The molecule has 20 atom stereocenters. The van der Waals surface area contributed by atoms with Crippen molar-refractivity contribution in [2.24, 2.45) is 0 Å². The number of hydrogen-bond donors (Lipinski definition) is 10. The average molecular weight is 716 g/mol. The molecule has 0 aromatic heterocycles. The van der Waals surface area contributed by atoms with E-state index in [0.717, 1.165) is 0 Å². The molecule has 4 aliphatic heterocycles. The van der Waals surface area contributed by atoms with Crippen LogP contribution in [-0.2, 0) is 42.7 Å². The summed E-state index contributed by atoms with van der Waals surface area (Å²) in [6.45, 7) is 8.79. The Bertz CT molecular complexity index is 1080. The van der Waals surface area contributed by atoms with Gasteiger partial charge in [0.2, 0.25) is 5.91 Å². The van der Waals surface area contributed by atoms with Gasteiger partial charge >= 0.3 is 0 Å². The molecule has 0 saturated carbocycles. The highest BCUT2D eigenvalue weighted by Crippen LogP contribution is 2.34. The zero-order valence-corrected chi connectivity index (χ0v) is 28.5. The lowest BCUT2D eigenvalue weighted by Gasteiger charge is -2.49. The lowest BCUT2D eigenvalue weighted by atomic mass is 9.94. The van der Waals surface area contributed by atoms with E-state index in [1.165, 1.54) is 41.7 Å². The van der Waals surface area contributed by atoms with E-state index in [-0.39, 0.29) is 6.42 Å². The zero-order chi connectivity index (χ0) is 36.7. The molecule has 286 valence electrons. The van der Waals surface area contributed by atoms with E-state index in [4.69, 9.17) is 37.9 Å². The van der Waals surface area contributed by atoms with Gasteiger partial charge in [-0.3, -0.25) is 4.79 Å². The molecule has 9 unspecified atom stereocenters. The molecule has 4 fully saturated rings. The van der Waals surface area contributed by atoms with Crippen LogP contribution in [0.15, 0.2) is 0 Å². The summed E-state index contributed by atoms with van der Waals surface area (Å²) in [6, 6.07) is -0.970. The number of aliphatic hydroxyl groups excluding tert-OH is 8. The molecule has 0 aliphatic carbocycles. The number of ether oxygens (including phenoxy) is 8. The third kappa shape index (κ3) is 9.06. The van der Waals surface area contributed by atoms with Crippen molar-refractivity contribution in [2.75, 3.05) is 7.11 Å². The van der Waals surface area contributed by atoms with E-state index in [9.17, 15) is 50.8 Å². The van der Waals surface area contributed by atoms with Crippen LogP contribution in [-0.4, -0.2) is 187 Å². The molecule has 4 aliphatic rings. The second-order valence-corrected chi connectivity index (χ2v) is 13.9. The van der Waals surface area contributed by atoms with Crippen molar-refractivity contribution in [3.63, 3.8) is 0 Å². The third-order valence-corrected chi connectivity index (χ3v) is 9.26. The van der Waals surface area contributed by atoms with Crippen molar-refractivity contribution < 1.29 is 88.6 Å². The van der Waals surface area contributed by atoms with Crippen molar-refractivity contribution in [1.29, 1.82) is 0 Å². The lowest BCUT2D eigenvalue weighted by Crippen LogP contribution is -2.67. The Hall–Kier alpha value is -1.21. The number of carbonyl (C=O) groups is 1. The van der Waals surface area contributed by atoms with Gasteiger partial charge in [-0.2, -0.15) is 0 Å². The summed E-state index contributed by atoms with van der Waals surface area (Å²) in [7, 11) is 1.26. The van der Waals surface area contributed by atoms with E-state index in [0.29, 0.717) is 0 Å². The van der Waals surface area contributed by atoms with Gasteiger partial charge < -0.3 is 89.2 Å². The van der Waals surface area contributed by atoms with Crippen molar-refractivity contribution in [3.05, 3.63) is 0 Å². The molecule has 0 aromatic rings. The van der Waals surface area contributed by atoms with Crippen LogP contribution in [0.25, 0.3) is 0 Å². The standard InChI is InChI=1S/C30H53NO18/c1-9-14(31-13(32)8-30(5,6)41)18(36)25(42-7)29(44-9)48-23-17(35)12(4)45-27(21(23)39)47-22-16(34)11(3)46-28(20(22)38)49-24-19(37)15(33)10(2)43-26(24)40/h9-12,14-29,33-41H,8H2,1-7H3,(H,31,32)/t9?,10?,11?,12?,14-,15+,16+,17+,18+,19+,20?,21?,22+,23+,24?,25?,26?,27+,28+,29+/m1/s1. The van der Waals surface area contributed by atoms with Crippen LogP contribution in [0, 0.1) is 0 Å². The van der Waals surface area contributed by atoms with Gasteiger partial charge in [-0.15, -0.1) is 0 Å². The van der Waals surface area contributed by atoms with Gasteiger partial charge in [-0.1, -0.05) is 0 Å². The first-order valence-electron chi connectivity index (χ1n) is 16.3. The van der Waals surface area contributed by atoms with E-state index >= 15 is 0 Å². The topological polar surface area (TPSA) is 285 Å². The maximum atomic E-state index is 12.5. The van der Waals surface area contributed by atoms with Gasteiger partial charge in [0.15, 0.2) is 25.2 Å². The number of aliphatic hydroxyl groups is 9. The van der Waals surface area contributed by atoms with Gasteiger partial charge in [0, 0.05) is 7.11 Å². The molecule has 19 nitrogen and oxygen atoms in total. The highest BCUT2D eigenvalue weighted by Gasteiger charge is 2.54. The van der Waals surface area contributed by atoms with Crippen LogP contribution in [0.4, 0.5) is 0 Å². The second kappa shape index (κ2) is 16.2. The summed E-state index contributed by atoms with van der Waals surface area (Å²) in [4.78, 5) is 12.5. The zero-order valence-electron chi connectivity index (χ0n) is 28.5. The molecule has 0 bridgehead atoms. The second-order valence-electron chi connectivity index (χ2n) is 13.9. The highest BCUT2D eigenvalue weighted by molar-refractivity contribution is 5.77. The minimum atomic E-state index is -1.81. The Labute approximate surface area is 283 Å². The molecule has 1 amide bonds. The minimum absolute atomic E-state index is 0.246. The minimum Gasteiger partial charge on any atom is -0.390 e. The van der Waals surface area contributed by atoms with Crippen molar-refractivity contribution in [1.82, 2.24) is 5.32 Å². The number of methoxy groups -OCH3 is 1. The first-order valence-corrected chi connectivity index (χ1v) is 16.3. The Morgan fingerprint density at radius 2 is 1.04 bits per heavy atom. The monoisotopic (exact) mass is 715 g/mol. The SMILES string of the molecule is COC1[C@H](O[C@@H]2C(O)[C@H](O[C@@H]3C(O)[C@H](OC4C(O)OC(C)[C@H](O)[C@@H]4O)OC(C)[C@@H]3O)OC(C)[C@@H]2O)OC(C)[C@@H](NC(=O)CC(C)(C)O)[C@@H]1O. The highest BCUT2D eigenvalue weighted by atomic mass is 16.8. The van der Waals surface area contributed by atoms with Crippen LogP contribution in [0.2, 0.25) is 0 Å². The van der Waals surface area contributed by atoms with Crippen LogP contribution in [0.5, 0.6) is 0 Å². The van der Waals surface area contributed by atoms with Gasteiger partial charge in [-0.05, 0) is 41.5 Å². The molecule has 4 rings (SSSR count). The Morgan fingerprint density at radius 3 is 1.53 bits per heavy atom. The van der Waals surface area contributed by atoms with E-state index in [2.05, 4.69) is 5.32 Å². The van der Waals surface area contributed by atoms with Crippen LogP contribution >= 0.6 is 0 Å². The van der Waals surface area contributed by atoms with E-state index in [1.807, 2.05) is 0 Å². The predicted molar refractivity (Wildman–Crippen MR) is 160 cm³/mol. The summed E-state index contributed by atoms with van der Waals surface area (Å²) in [5.74, 6) is -0.545. The van der Waals surface area contributed by atoms with Gasteiger partial charge in [0.05, 0.1) is 42.5 Å². The maximum absolute atomic E-state index is 12.5. The molecule has 0 spiro atoms. The molecular formula is C30H53NO18. The molecule has 4 saturated heterocycles. The quantitative estimate of drug-likeness (QED) is 0.102.